The smallest absolute Gasteiger partial charge is 0.223 e. The van der Waals surface area contributed by atoms with Crippen LogP contribution in [-0.2, 0) is 4.79 Å². The molecular formula is C17H27ClN2O. The molecule has 0 saturated carbocycles. The Balaban J connectivity index is 0.00000220. The minimum absolute atomic E-state index is 0. The van der Waals surface area contributed by atoms with Gasteiger partial charge in [-0.3, -0.25) is 4.79 Å². The first kappa shape index (κ1) is 18.0. The number of likely N-dealkylation sites (tertiary alicyclic amines) is 1. The van der Waals surface area contributed by atoms with Gasteiger partial charge in [-0.1, -0.05) is 31.2 Å². The van der Waals surface area contributed by atoms with Crippen molar-refractivity contribution < 1.29 is 4.79 Å². The van der Waals surface area contributed by atoms with Crippen molar-refractivity contribution in [3.05, 3.63) is 35.4 Å². The molecule has 1 fully saturated rings. The Kier molecular flexibility index (Phi) is 7.20. The van der Waals surface area contributed by atoms with Crippen LogP contribution in [0.25, 0.3) is 0 Å². The predicted molar refractivity (Wildman–Crippen MR) is 90.1 cm³/mol. The summed E-state index contributed by atoms with van der Waals surface area (Å²) < 4.78 is 0. The second kappa shape index (κ2) is 8.40. The van der Waals surface area contributed by atoms with Gasteiger partial charge in [-0.05, 0) is 43.9 Å². The molecule has 1 N–H and O–H groups in total. The number of hydrogen-bond donors (Lipinski definition) is 1. The summed E-state index contributed by atoms with van der Waals surface area (Å²) in [6, 6.07) is 8.83. The first-order valence-corrected chi connectivity index (χ1v) is 7.62. The van der Waals surface area contributed by atoms with Crippen molar-refractivity contribution in [2.75, 3.05) is 20.1 Å². The molecule has 0 aromatic heterocycles. The molecule has 1 amide bonds. The molecule has 0 spiro atoms. The lowest BCUT2D eigenvalue weighted by Crippen LogP contribution is -2.47. The zero-order valence-electron chi connectivity index (χ0n) is 13.3. The molecule has 1 aliphatic rings. The van der Waals surface area contributed by atoms with E-state index in [1.807, 2.05) is 11.9 Å². The van der Waals surface area contributed by atoms with Gasteiger partial charge in [0.2, 0.25) is 5.91 Å². The van der Waals surface area contributed by atoms with Gasteiger partial charge >= 0.3 is 0 Å². The molecule has 1 aromatic rings. The molecular weight excluding hydrogens is 284 g/mol. The van der Waals surface area contributed by atoms with E-state index < -0.39 is 0 Å². The number of likely N-dealkylation sites (N-methyl/N-ethyl adjacent to an activating group) is 1. The van der Waals surface area contributed by atoms with Gasteiger partial charge in [0.25, 0.3) is 0 Å². The Morgan fingerprint density at radius 2 is 2.14 bits per heavy atom. The van der Waals surface area contributed by atoms with Crippen molar-refractivity contribution in [3.8, 4) is 0 Å². The predicted octanol–water partition coefficient (Wildman–Crippen LogP) is 3.12. The number of rotatable bonds is 4. The van der Waals surface area contributed by atoms with Crippen molar-refractivity contribution in [3.63, 3.8) is 0 Å². The Bertz CT molecular complexity index is 464. The van der Waals surface area contributed by atoms with Gasteiger partial charge in [0.1, 0.15) is 0 Å². The number of benzene rings is 1. The minimum atomic E-state index is 0. The van der Waals surface area contributed by atoms with Crippen LogP contribution in [0.15, 0.2) is 24.3 Å². The Morgan fingerprint density at radius 1 is 1.43 bits per heavy atom. The summed E-state index contributed by atoms with van der Waals surface area (Å²) in [6.07, 6.45) is 2.89. The normalized spacial score (nSPS) is 19.8. The van der Waals surface area contributed by atoms with E-state index in [4.69, 9.17) is 0 Å². The number of carbonyl (C=O) groups is 1. The fraction of sp³-hybridized carbons (Fsp3) is 0.588. The van der Waals surface area contributed by atoms with Crippen LogP contribution in [-0.4, -0.2) is 37.0 Å². The number of hydrogen-bond acceptors (Lipinski definition) is 2. The first-order valence-electron chi connectivity index (χ1n) is 7.62. The molecule has 1 aliphatic heterocycles. The monoisotopic (exact) mass is 310 g/mol. The Labute approximate surface area is 134 Å². The third kappa shape index (κ3) is 4.72. The number of nitrogens with one attached hydrogen (secondary N) is 1. The number of carbonyl (C=O) groups excluding carboxylic acids is 1. The largest absolute Gasteiger partial charge is 0.341 e. The molecule has 2 unspecified atom stereocenters. The van der Waals surface area contributed by atoms with Crippen molar-refractivity contribution in [2.45, 2.75) is 45.1 Å². The summed E-state index contributed by atoms with van der Waals surface area (Å²) in [5.41, 5.74) is 2.57. The molecule has 1 heterocycles. The SMILES string of the molecule is CNC1CCCN(C(=O)CC(C)c2ccccc2C)C1.Cl. The maximum Gasteiger partial charge on any atom is 0.223 e. The topological polar surface area (TPSA) is 32.3 Å². The van der Waals surface area contributed by atoms with Crippen LogP contribution in [0.3, 0.4) is 0 Å². The Morgan fingerprint density at radius 3 is 2.81 bits per heavy atom. The van der Waals surface area contributed by atoms with Crippen LogP contribution >= 0.6 is 12.4 Å². The quantitative estimate of drug-likeness (QED) is 0.926. The second-order valence-corrected chi connectivity index (χ2v) is 5.93. The van der Waals surface area contributed by atoms with Gasteiger partial charge in [0, 0.05) is 25.6 Å². The highest BCUT2D eigenvalue weighted by atomic mass is 35.5. The molecule has 0 bridgehead atoms. The molecule has 2 atom stereocenters. The van der Waals surface area contributed by atoms with Crippen molar-refractivity contribution in [2.24, 2.45) is 0 Å². The molecule has 3 nitrogen and oxygen atoms in total. The third-order valence-corrected chi connectivity index (χ3v) is 4.38. The summed E-state index contributed by atoms with van der Waals surface area (Å²) in [4.78, 5) is 14.5. The summed E-state index contributed by atoms with van der Waals surface area (Å²) in [5.74, 6) is 0.583. The Hall–Kier alpha value is -1.06. The number of halogens is 1. The standard InChI is InChI=1S/C17H26N2O.ClH/c1-13-7-4-5-9-16(13)14(2)11-17(20)19-10-6-8-15(12-19)18-3;/h4-5,7,9,14-15,18H,6,8,10-12H2,1-3H3;1H. The average Bonchev–Trinajstić information content (AvgIpc) is 2.47. The van der Waals surface area contributed by atoms with Crippen LogP contribution in [0.4, 0.5) is 0 Å². The second-order valence-electron chi connectivity index (χ2n) is 5.93. The summed E-state index contributed by atoms with van der Waals surface area (Å²) in [5, 5.41) is 3.29. The van der Waals surface area contributed by atoms with E-state index in [1.165, 1.54) is 17.5 Å². The summed E-state index contributed by atoms with van der Waals surface area (Å²) >= 11 is 0. The maximum atomic E-state index is 12.5. The molecule has 0 radical (unpaired) electrons. The van der Waals surface area contributed by atoms with E-state index in [2.05, 4.69) is 43.4 Å². The number of piperidine rings is 1. The van der Waals surface area contributed by atoms with E-state index in [-0.39, 0.29) is 12.4 Å². The third-order valence-electron chi connectivity index (χ3n) is 4.38. The van der Waals surface area contributed by atoms with Gasteiger partial charge < -0.3 is 10.2 Å². The van der Waals surface area contributed by atoms with Crippen LogP contribution in [0.2, 0.25) is 0 Å². The fourth-order valence-corrected chi connectivity index (χ4v) is 3.08. The fourth-order valence-electron chi connectivity index (χ4n) is 3.08. The maximum absolute atomic E-state index is 12.5. The van der Waals surface area contributed by atoms with Crippen LogP contribution < -0.4 is 5.32 Å². The number of aryl methyl sites for hydroxylation is 1. The van der Waals surface area contributed by atoms with Crippen molar-refractivity contribution in [1.29, 1.82) is 0 Å². The number of nitrogens with zero attached hydrogens (tertiary/aromatic N) is 1. The van der Waals surface area contributed by atoms with E-state index >= 15 is 0 Å². The molecule has 1 aromatic carbocycles. The van der Waals surface area contributed by atoms with Crippen molar-refractivity contribution in [1.82, 2.24) is 10.2 Å². The number of amides is 1. The highest BCUT2D eigenvalue weighted by Gasteiger charge is 2.24. The average molecular weight is 311 g/mol. The molecule has 118 valence electrons. The molecule has 4 heteroatoms. The van der Waals surface area contributed by atoms with E-state index in [1.54, 1.807) is 0 Å². The van der Waals surface area contributed by atoms with Crippen molar-refractivity contribution >= 4 is 18.3 Å². The molecule has 0 aliphatic carbocycles. The zero-order valence-corrected chi connectivity index (χ0v) is 14.1. The lowest BCUT2D eigenvalue weighted by atomic mass is 9.93. The van der Waals surface area contributed by atoms with E-state index in [9.17, 15) is 4.79 Å². The minimum Gasteiger partial charge on any atom is -0.341 e. The van der Waals surface area contributed by atoms with Gasteiger partial charge in [0.15, 0.2) is 0 Å². The summed E-state index contributed by atoms with van der Waals surface area (Å²) in [7, 11) is 1.98. The van der Waals surface area contributed by atoms with Gasteiger partial charge in [-0.2, -0.15) is 0 Å². The van der Waals surface area contributed by atoms with E-state index in [0.717, 1.165) is 19.5 Å². The van der Waals surface area contributed by atoms with Gasteiger partial charge in [-0.25, -0.2) is 0 Å². The highest BCUT2D eigenvalue weighted by molar-refractivity contribution is 5.85. The van der Waals surface area contributed by atoms with Gasteiger partial charge in [0.05, 0.1) is 0 Å². The van der Waals surface area contributed by atoms with Crippen LogP contribution in [0.1, 0.15) is 43.2 Å². The first-order chi connectivity index (χ1) is 9.61. The molecule has 2 rings (SSSR count). The van der Waals surface area contributed by atoms with E-state index in [0.29, 0.717) is 24.3 Å². The highest BCUT2D eigenvalue weighted by Crippen LogP contribution is 2.24. The molecule has 1 saturated heterocycles. The lowest BCUT2D eigenvalue weighted by Gasteiger charge is -2.33. The van der Waals surface area contributed by atoms with Crippen LogP contribution in [0.5, 0.6) is 0 Å². The summed E-state index contributed by atoms with van der Waals surface area (Å²) in [6.45, 7) is 6.04. The lowest BCUT2D eigenvalue weighted by molar-refractivity contribution is -0.132. The zero-order chi connectivity index (χ0) is 14.5. The van der Waals surface area contributed by atoms with Gasteiger partial charge in [-0.15, -0.1) is 12.4 Å². The van der Waals surface area contributed by atoms with Crippen LogP contribution in [0, 0.1) is 6.92 Å². The molecule has 21 heavy (non-hydrogen) atoms.